The van der Waals surface area contributed by atoms with Crippen LogP contribution in [0.15, 0.2) is 42.5 Å². The first kappa shape index (κ1) is 12.0. The van der Waals surface area contributed by atoms with Crippen molar-refractivity contribution >= 4 is 17.3 Å². The van der Waals surface area contributed by atoms with Crippen LogP contribution < -0.4 is 25.6 Å². The number of anilines is 2. The Morgan fingerprint density at radius 2 is 2.00 bits per heavy atom. The number of fused-ring (bicyclic) bond motifs is 3. The first-order chi connectivity index (χ1) is 10.2. The predicted molar refractivity (Wildman–Crippen MR) is 77.1 cm³/mol. The van der Waals surface area contributed by atoms with Gasteiger partial charge in [-0.1, -0.05) is 12.1 Å². The quantitative estimate of drug-likeness (QED) is 0.744. The first-order valence-corrected chi connectivity index (χ1v) is 6.54. The van der Waals surface area contributed by atoms with E-state index < -0.39 is 5.72 Å². The third-order valence-corrected chi connectivity index (χ3v) is 3.70. The minimum atomic E-state index is -1.29. The first-order valence-electron chi connectivity index (χ1n) is 6.54. The van der Waals surface area contributed by atoms with Crippen LogP contribution in [0.25, 0.3) is 0 Å². The van der Waals surface area contributed by atoms with E-state index in [0.717, 1.165) is 5.69 Å². The summed E-state index contributed by atoms with van der Waals surface area (Å²) in [6.45, 7) is 0. The molecule has 6 heteroatoms. The lowest BCUT2D eigenvalue weighted by atomic mass is 10.0. The van der Waals surface area contributed by atoms with Gasteiger partial charge in [-0.3, -0.25) is 4.79 Å². The largest absolute Gasteiger partial charge is 0.497 e. The second kappa shape index (κ2) is 4.13. The Balaban J connectivity index is 1.85. The average molecular weight is 283 g/mol. The molecule has 0 unspecified atom stereocenters. The number of carbonyl (C=O) groups excluding carboxylic acids is 1. The molecule has 106 valence electrons. The summed E-state index contributed by atoms with van der Waals surface area (Å²) >= 11 is 0. The second-order valence-electron chi connectivity index (χ2n) is 4.90. The molecule has 2 aliphatic rings. The van der Waals surface area contributed by atoms with Crippen molar-refractivity contribution in [2.45, 2.75) is 5.72 Å². The van der Waals surface area contributed by atoms with Gasteiger partial charge in [0.25, 0.3) is 11.6 Å². The zero-order valence-corrected chi connectivity index (χ0v) is 11.3. The molecule has 2 aromatic rings. The van der Waals surface area contributed by atoms with Gasteiger partial charge in [-0.15, -0.1) is 0 Å². The normalized spacial score (nSPS) is 21.9. The summed E-state index contributed by atoms with van der Waals surface area (Å²) < 4.78 is 11.2. The molecule has 6 nitrogen and oxygen atoms in total. The standard InChI is InChI=1S/C15H13N3O3/c1-20-9-6-7-11-10(8-9)15(14(19)16-11)18-17-12-4-2-3-5-13(12)21-15/h2-8,17-18H,1H3,(H,16,19)/t15-/m0/s1. The molecule has 3 N–H and O–H groups in total. The lowest BCUT2D eigenvalue weighted by Gasteiger charge is -2.35. The van der Waals surface area contributed by atoms with Crippen LogP contribution >= 0.6 is 0 Å². The number of rotatable bonds is 1. The fraction of sp³-hybridized carbons (Fsp3) is 0.133. The maximum absolute atomic E-state index is 12.4. The summed E-state index contributed by atoms with van der Waals surface area (Å²) in [6.07, 6.45) is 0. The monoisotopic (exact) mass is 283 g/mol. The fourth-order valence-electron chi connectivity index (χ4n) is 2.61. The Hall–Kier alpha value is -2.73. The van der Waals surface area contributed by atoms with Gasteiger partial charge >= 0.3 is 0 Å². The molecule has 1 atom stereocenters. The Labute approximate surface area is 121 Å². The van der Waals surface area contributed by atoms with Crippen LogP contribution in [0.1, 0.15) is 5.56 Å². The van der Waals surface area contributed by atoms with Gasteiger partial charge < -0.3 is 20.2 Å². The lowest BCUT2D eigenvalue weighted by Crippen LogP contribution is -2.57. The van der Waals surface area contributed by atoms with Crippen LogP contribution in [-0.4, -0.2) is 13.0 Å². The summed E-state index contributed by atoms with van der Waals surface area (Å²) in [5, 5.41) is 2.82. The van der Waals surface area contributed by atoms with E-state index in [1.54, 1.807) is 25.3 Å². The zero-order chi connectivity index (χ0) is 14.4. The van der Waals surface area contributed by atoms with Crippen LogP contribution in [0.3, 0.4) is 0 Å². The highest BCUT2D eigenvalue weighted by Crippen LogP contribution is 2.43. The number of carbonyl (C=O) groups is 1. The fourth-order valence-corrected chi connectivity index (χ4v) is 2.61. The van der Waals surface area contributed by atoms with Crippen LogP contribution in [0, 0.1) is 0 Å². The van der Waals surface area contributed by atoms with Gasteiger partial charge in [0.15, 0.2) is 0 Å². The summed E-state index contributed by atoms with van der Waals surface area (Å²) in [4.78, 5) is 12.4. The van der Waals surface area contributed by atoms with Gasteiger partial charge in [0.2, 0.25) is 0 Å². The molecular formula is C15H13N3O3. The van der Waals surface area contributed by atoms with E-state index in [2.05, 4.69) is 16.2 Å². The average Bonchev–Trinajstić information content (AvgIpc) is 2.79. The molecule has 0 aromatic heterocycles. The van der Waals surface area contributed by atoms with E-state index in [0.29, 0.717) is 22.7 Å². The molecule has 21 heavy (non-hydrogen) atoms. The van der Waals surface area contributed by atoms with Crippen molar-refractivity contribution < 1.29 is 14.3 Å². The summed E-state index contributed by atoms with van der Waals surface area (Å²) in [7, 11) is 1.58. The molecule has 0 radical (unpaired) electrons. The number of hydrazine groups is 1. The molecule has 2 aliphatic heterocycles. The molecule has 1 amide bonds. The summed E-state index contributed by atoms with van der Waals surface area (Å²) in [5.74, 6) is 1.00. The van der Waals surface area contributed by atoms with Gasteiger partial charge in [-0.25, -0.2) is 0 Å². The molecule has 2 aromatic carbocycles. The Morgan fingerprint density at radius 3 is 2.86 bits per heavy atom. The van der Waals surface area contributed by atoms with E-state index in [1.165, 1.54) is 0 Å². The van der Waals surface area contributed by atoms with Gasteiger partial charge in [0, 0.05) is 5.56 Å². The number of nitrogens with one attached hydrogen (secondary N) is 3. The van der Waals surface area contributed by atoms with Crippen molar-refractivity contribution in [3.8, 4) is 11.5 Å². The molecule has 0 saturated carbocycles. The van der Waals surface area contributed by atoms with Crippen molar-refractivity contribution in [3.05, 3.63) is 48.0 Å². The van der Waals surface area contributed by atoms with Gasteiger partial charge in [0.05, 0.1) is 18.5 Å². The third kappa shape index (κ3) is 1.59. The van der Waals surface area contributed by atoms with E-state index in [4.69, 9.17) is 9.47 Å². The minimum absolute atomic E-state index is 0.271. The van der Waals surface area contributed by atoms with E-state index in [9.17, 15) is 4.79 Å². The van der Waals surface area contributed by atoms with Crippen molar-refractivity contribution in [3.63, 3.8) is 0 Å². The molecular weight excluding hydrogens is 270 g/mol. The molecule has 0 saturated heterocycles. The lowest BCUT2D eigenvalue weighted by molar-refractivity contribution is -0.134. The molecule has 4 rings (SSSR count). The highest BCUT2D eigenvalue weighted by atomic mass is 16.5. The molecule has 1 spiro atoms. The number of ether oxygens (including phenoxy) is 2. The van der Waals surface area contributed by atoms with Gasteiger partial charge in [-0.05, 0) is 30.3 Å². The second-order valence-corrected chi connectivity index (χ2v) is 4.90. The van der Waals surface area contributed by atoms with E-state index in [1.807, 2.05) is 24.3 Å². The highest BCUT2D eigenvalue weighted by Gasteiger charge is 2.52. The van der Waals surface area contributed by atoms with Crippen molar-refractivity contribution in [2.75, 3.05) is 17.9 Å². The topological polar surface area (TPSA) is 71.6 Å². The predicted octanol–water partition coefficient (Wildman–Crippen LogP) is 1.81. The number of hydrogen-bond donors (Lipinski definition) is 3. The van der Waals surface area contributed by atoms with Crippen LogP contribution in [0.2, 0.25) is 0 Å². The van der Waals surface area contributed by atoms with Crippen LogP contribution in [-0.2, 0) is 10.5 Å². The van der Waals surface area contributed by atoms with E-state index in [-0.39, 0.29) is 5.91 Å². The third-order valence-electron chi connectivity index (χ3n) is 3.70. The number of para-hydroxylation sites is 2. The number of amides is 1. The number of methoxy groups -OCH3 is 1. The van der Waals surface area contributed by atoms with Crippen molar-refractivity contribution in [1.29, 1.82) is 0 Å². The van der Waals surface area contributed by atoms with Crippen molar-refractivity contribution in [1.82, 2.24) is 5.43 Å². The maximum atomic E-state index is 12.4. The Kier molecular flexibility index (Phi) is 2.37. The summed E-state index contributed by atoms with van der Waals surface area (Å²) in [6, 6.07) is 12.8. The zero-order valence-electron chi connectivity index (χ0n) is 11.3. The van der Waals surface area contributed by atoms with Crippen LogP contribution in [0.4, 0.5) is 11.4 Å². The van der Waals surface area contributed by atoms with Gasteiger partial charge in [-0.2, -0.15) is 5.43 Å². The minimum Gasteiger partial charge on any atom is -0.497 e. The smallest absolute Gasteiger partial charge is 0.291 e. The number of hydrogen-bond acceptors (Lipinski definition) is 5. The van der Waals surface area contributed by atoms with Crippen LogP contribution in [0.5, 0.6) is 11.5 Å². The maximum Gasteiger partial charge on any atom is 0.291 e. The highest BCUT2D eigenvalue weighted by molar-refractivity contribution is 6.05. The summed E-state index contributed by atoms with van der Waals surface area (Å²) in [5.41, 5.74) is 6.88. The van der Waals surface area contributed by atoms with E-state index >= 15 is 0 Å². The molecule has 0 fully saturated rings. The molecule has 2 heterocycles. The molecule has 0 aliphatic carbocycles. The number of benzene rings is 2. The van der Waals surface area contributed by atoms with Gasteiger partial charge in [0.1, 0.15) is 11.5 Å². The Morgan fingerprint density at radius 1 is 1.14 bits per heavy atom. The Bertz CT molecular complexity index is 747. The molecule has 0 bridgehead atoms. The van der Waals surface area contributed by atoms with Crippen molar-refractivity contribution in [2.24, 2.45) is 0 Å². The SMILES string of the molecule is COc1ccc2c(c1)[C@@]1(NNc3ccccc3O1)C(=O)N2.